The summed E-state index contributed by atoms with van der Waals surface area (Å²) < 4.78 is 15.8. The Morgan fingerprint density at radius 2 is 1.85 bits per heavy atom. The molecule has 5 heteroatoms. The number of nitrogens with one attached hydrogen (secondary N) is 1. The van der Waals surface area contributed by atoms with Crippen LogP contribution in [0.25, 0.3) is 0 Å². The molecule has 0 aliphatic rings. The fourth-order valence-corrected chi connectivity index (χ4v) is 2.18. The molecule has 1 atom stereocenters. The van der Waals surface area contributed by atoms with Gasteiger partial charge in [-0.05, 0) is 43.0 Å². The van der Waals surface area contributed by atoms with Crippen LogP contribution in [-0.4, -0.2) is 34.0 Å². The minimum Gasteiger partial charge on any atom is -0.496 e. The molecule has 0 bridgehead atoms. The molecule has 0 spiro atoms. The fourth-order valence-electron chi connectivity index (χ4n) is 2.18. The molecule has 0 aliphatic carbocycles. The average molecular weight is 282 g/mol. The standard InChI is InChI=1S/C15H26N2O3/c1-11-10-15(19-4)12(2)9-13(11)14(17-16)5-6-20-8-7-18-3/h9-10,14,17H,5-8,16H2,1-4H3. The van der Waals surface area contributed by atoms with Crippen molar-refractivity contribution < 1.29 is 14.2 Å². The third-order valence-electron chi connectivity index (χ3n) is 3.34. The highest BCUT2D eigenvalue weighted by molar-refractivity contribution is 5.42. The van der Waals surface area contributed by atoms with Crippen molar-refractivity contribution in [1.29, 1.82) is 0 Å². The van der Waals surface area contributed by atoms with Crippen LogP contribution in [0.1, 0.15) is 29.2 Å². The number of aryl methyl sites for hydroxylation is 2. The van der Waals surface area contributed by atoms with Gasteiger partial charge in [-0.15, -0.1) is 0 Å². The van der Waals surface area contributed by atoms with E-state index in [1.807, 2.05) is 13.0 Å². The van der Waals surface area contributed by atoms with Crippen molar-refractivity contribution >= 4 is 0 Å². The number of benzene rings is 1. The van der Waals surface area contributed by atoms with Gasteiger partial charge in [0.05, 0.1) is 20.3 Å². The lowest BCUT2D eigenvalue weighted by Crippen LogP contribution is -2.29. The Labute approximate surface area is 121 Å². The molecule has 1 unspecified atom stereocenters. The second-order valence-corrected chi connectivity index (χ2v) is 4.79. The van der Waals surface area contributed by atoms with Crippen LogP contribution in [0.5, 0.6) is 5.75 Å². The van der Waals surface area contributed by atoms with Gasteiger partial charge in [-0.3, -0.25) is 11.3 Å². The molecule has 3 N–H and O–H groups in total. The molecule has 1 rings (SSSR count). The lowest BCUT2D eigenvalue weighted by molar-refractivity contribution is 0.0657. The second kappa shape index (κ2) is 8.92. The summed E-state index contributed by atoms with van der Waals surface area (Å²) in [7, 11) is 3.35. The number of nitrogens with two attached hydrogens (primary N) is 1. The van der Waals surface area contributed by atoms with Gasteiger partial charge in [0, 0.05) is 19.8 Å². The topological polar surface area (TPSA) is 65.7 Å². The summed E-state index contributed by atoms with van der Waals surface area (Å²) in [5, 5.41) is 0. The number of rotatable bonds is 9. The normalized spacial score (nSPS) is 12.4. The minimum absolute atomic E-state index is 0.0714. The summed E-state index contributed by atoms with van der Waals surface area (Å²) in [6, 6.07) is 4.23. The highest BCUT2D eigenvalue weighted by Crippen LogP contribution is 2.27. The van der Waals surface area contributed by atoms with Gasteiger partial charge in [-0.1, -0.05) is 6.07 Å². The van der Waals surface area contributed by atoms with Gasteiger partial charge in [0.1, 0.15) is 5.75 Å². The van der Waals surface area contributed by atoms with Gasteiger partial charge >= 0.3 is 0 Å². The van der Waals surface area contributed by atoms with Crippen LogP contribution in [0.15, 0.2) is 12.1 Å². The summed E-state index contributed by atoms with van der Waals surface area (Å²) in [5.74, 6) is 6.57. The largest absolute Gasteiger partial charge is 0.496 e. The van der Waals surface area contributed by atoms with Crippen molar-refractivity contribution in [2.75, 3.05) is 34.0 Å². The summed E-state index contributed by atoms with van der Waals surface area (Å²) in [4.78, 5) is 0. The van der Waals surface area contributed by atoms with Crippen LogP contribution in [0.4, 0.5) is 0 Å². The quantitative estimate of drug-likeness (QED) is 0.411. The summed E-state index contributed by atoms with van der Waals surface area (Å²) in [6.07, 6.45) is 0.812. The van der Waals surface area contributed by atoms with Crippen LogP contribution >= 0.6 is 0 Å². The maximum atomic E-state index is 5.67. The first kappa shape index (κ1) is 16.9. The molecule has 1 aromatic carbocycles. The molecule has 114 valence electrons. The molecular weight excluding hydrogens is 256 g/mol. The van der Waals surface area contributed by atoms with Crippen LogP contribution in [0.2, 0.25) is 0 Å². The van der Waals surface area contributed by atoms with E-state index in [4.69, 9.17) is 20.1 Å². The molecule has 0 amide bonds. The number of hydrogen-bond donors (Lipinski definition) is 2. The molecule has 5 nitrogen and oxygen atoms in total. The van der Waals surface area contributed by atoms with E-state index in [9.17, 15) is 0 Å². The highest BCUT2D eigenvalue weighted by Gasteiger charge is 2.14. The predicted molar refractivity (Wildman–Crippen MR) is 79.8 cm³/mol. The van der Waals surface area contributed by atoms with Crippen LogP contribution < -0.4 is 16.0 Å². The summed E-state index contributed by atoms with van der Waals surface area (Å²) >= 11 is 0. The van der Waals surface area contributed by atoms with E-state index in [1.54, 1.807) is 14.2 Å². The van der Waals surface area contributed by atoms with Gasteiger partial charge in [0.25, 0.3) is 0 Å². The van der Waals surface area contributed by atoms with E-state index in [0.29, 0.717) is 19.8 Å². The van der Waals surface area contributed by atoms with Gasteiger partial charge in [0.2, 0.25) is 0 Å². The van der Waals surface area contributed by atoms with Crippen molar-refractivity contribution in [2.45, 2.75) is 26.3 Å². The minimum atomic E-state index is 0.0714. The smallest absolute Gasteiger partial charge is 0.122 e. The number of hydrazine groups is 1. The zero-order valence-corrected chi connectivity index (χ0v) is 12.9. The maximum absolute atomic E-state index is 5.67. The number of hydrogen-bond acceptors (Lipinski definition) is 5. The van der Waals surface area contributed by atoms with Gasteiger partial charge in [-0.2, -0.15) is 0 Å². The van der Waals surface area contributed by atoms with E-state index in [0.717, 1.165) is 23.3 Å². The molecule has 0 radical (unpaired) electrons. The van der Waals surface area contributed by atoms with E-state index in [1.165, 1.54) is 5.56 Å². The molecule has 0 fully saturated rings. The Morgan fingerprint density at radius 1 is 1.10 bits per heavy atom. The van der Waals surface area contributed by atoms with Crippen molar-refractivity contribution in [1.82, 2.24) is 5.43 Å². The Hall–Kier alpha value is -1.14. The molecule has 0 aliphatic heterocycles. The Bertz CT molecular complexity index is 410. The van der Waals surface area contributed by atoms with Crippen LogP contribution in [-0.2, 0) is 9.47 Å². The molecule has 0 saturated heterocycles. The Kier molecular flexibility index (Phi) is 7.54. The van der Waals surface area contributed by atoms with Gasteiger partial charge < -0.3 is 14.2 Å². The number of ether oxygens (including phenoxy) is 3. The molecule has 0 aromatic heterocycles. The first-order valence-corrected chi connectivity index (χ1v) is 6.82. The van der Waals surface area contributed by atoms with E-state index < -0.39 is 0 Å². The van der Waals surface area contributed by atoms with Crippen molar-refractivity contribution in [3.63, 3.8) is 0 Å². The first-order valence-electron chi connectivity index (χ1n) is 6.82. The predicted octanol–water partition coefficient (Wildman–Crippen LogP) is 1.87. The Morgan fingerprint density at radius 3 is 2.45 bits per heavy atom. The number of methoxy groups -OCH3 is 2. The average Bonchev–Trinajstić information content (AvgIpc) is 2.45. The maximum Gasteiger partial charge on any atom is 0.122 e. The van der Waals surface area contributed by atoms with Crippen LogP contribution in [0, 0.1) is 13.8 Å². The van der Waals surface area contributed by atoms with Gasteiger partial charge in [0.15, 0.2) is 0 Å². The van der Waals surface area contributed by atoms with Gasteiger partial charge in [-0.25, -0.2) is 0 Å². The third-order valence-corrected chi connectivity index (χ3v) is 3.34. The van der Waals surface area contributed by atoms with E-state index in [-0.39, 0.29) is 6.04 Å². The Balaban J connectivity index is 2.67. The monoisotopic (exact) mass is 282 g/mol. The van der Waals surface area contributed by atoms with Crippen LogP contribution in [0.3, 0.4) is 0 Å². The molecule has 20 heavy (non-hydrogen) atoms. The fraction of sp³-hybridized carbons (Fsp3) is 0.600. The molecule has 0 heterocycles. The van der Waals surface area contributed by atoms with E-state index in [2.05, 4.69) is 18.4 Å². The lowest BCUT2D eigenvalue weighted by atomic mass is 9.97. The van der Waals surface area contributed by atoms with Crippen molar-refractivity contribution in [3.05, 3.63) is 28.8 Å². The molecular formula is C15H26N2O3. The SMILES string of the molecule is COCCOCCC(NN)c1cc(C)c(OC)cc1C. The third kappa shape index (κ3) is 4.76. The zero-order chi connectivity index (χ0) is 15.0. The summed E-state index contributed by atoms with van der Waals surface area (Å²) in [5.41, 5.74) is 6.31. The first-order chi connectivity index (χ1) is 9.63. The summed E-state index contributed by atoms with van der Waals surface area (Å²) in [6.45, 7) is 5.95. The van der Waals surface area contributed by atoms with Crippen molar-refractivity contribution in [3.8, 4) is 5.75 Å². The molecule has 0 saturated carbocycles. The van der Waals surface area contributed by atoms with Crippen molar-refractivity contribution in [2.24, 2.45) is 5.84 Å². The second-order valence-electron chi connectivity index (χ2n) is 4.79. The lowest BCUT2D eigenvalue weighted by Gasteiger charge is -2.20. The highest BCUT2D eigenvalue weighted by atomic mass is 16.5. The zero-order valence-electron chi connectivity index (χ0n) is 12.9. The molecule has 1 aromatic rings. The van der Waals surface area contributed by atoms with E-state index >= 15 is 0 Å².